The summed E-state index contributed by atoms with van der Waals surface area (Å²) in [4.78, 5) is 13.6. The first-order valence-electron chi connectivity index (χ1n) is 8.50. The third-order valence-corrected chi connectivity index (χ3v) is 5.22. The van der Waals surface area contributed by atoms with Crippen molar-refractivity contribution in [3.8, 4) is 0 Å². The van der Waals surface area contributed by atoms with Crippen molar-refractivity contribution in [3.05, 3.63) is 11.6 Å². The van der Waals surface area contributed by atoms with Gasteiger partial charge in [-0.05, 0) is 32.2 Å². The Hall–Kier alpha value is -1.43. The molecule has 1 unspecified atom stereocenters. The second-order valence-corrected chi connectivity index (χ2v) is 6.74. The van der Waals surface area contributed by atoms with Crippen LogP contribution < -0.4 is 0 Å². The lowest BCUT2D eigenvalue weighted by atomic mass is 9.86. The molecule has 0 aromatic carbocycles. The van der Waals surface area contributed by atoms with Crippen LogP contribution in [0.15, 0.2) is 0 Å². The van der Waals surface area contributed by atoms with E-state index in [1.165, 1.54) is 38.5 Å². The van der Waals surface area contributed by atoms with E-state index in [1.54, 1.807) is 0 Å². The second kappa shape index (κ2) is 6.77. The molecule has 1 N–H and O–H groups in total. The summed E-state index contributed by atoms with van der Waals surface area (Å²) in [5.41, 5.74) is 0. The van der Waals surface area contributed by atoms with Gasteiger partial charge in [-0.25, -0.2) is 0 Å². The maximum atomic E-state index is 11.6. The first-order chi connectivity index (χ1) is 10.6. The molecule has 0 amide bonds. The lowest BCUT2D eigenvalue weighted by molar-refractivity contribution is -0.145. The first-order valence-corrected chi connectivity index (χ1v) is 8.50. The smallest absolute Gasteiger partial charge is 0.322 e. The first kappa shape index (κ1) is 15.5. The van der Waals surface area contributed by atoms with Crippen LogP contribution in [0.5, 0.6) is 0 Å². The fraction of sp³-hybridized carbons (Fsp3) is 0.812. The van der Waals surface area contributed by atoms with Gasteiger partial charge in [0.1, 0.15) is 17.7 Å². The largest absolute Gasteiger partial charge is 0.480 e. The van der Waals surface area contributed by atoms with Gasteiger partial charge >= 0.3 is 5.97 Å². The number of rotatable bonds is 5. The summed E-state index contributed by atoms with van der Waals surface area (Å²) in [7, 11) is 0. The molecule has 2 aliphatic rings. The SMILES string of the molecule is Cc1nnc2n1CC(C(=O)O)N(CCCC1CCCCC1)C2. The number of hydrogen-bond donors (Lipinski definition) is 1. The number of carboxylic acids is 1. The van der Waals surface area contributed by atoms with Crippen LogP contribution in [-0.2, 0) is 17.9 Å². The second-order valence-electron chi connectivity index (χ2n) is 6.74. The minimum Gasteiger partial charge on any atom is -0.480 e. The Bertz CT molecular complexity index is 522. The average Bonchev–Trinajstić information content (AvgIpc) is 2.88. The number of carbonyl (C=O) groups is 1. The van der Waals surface area contributed by atoms with Gasteiger partial charge in [0.15, 0.2) is 0 Å². The Kier molecular flexibility index (Phi) is 4.76. The fourth-order valence-corrected chi connectivity index (χ4v) is 3.89. The van der Waals surface area contributed by atoms with Crippen LogP contribution in [0.25, 0.3) is 0 Å². The summed E-state index contributed by atoms with van der Waals surface area (Å²) >= 11 is 0. The highest BCUT2D eigenvalue weighted by molar-refractivity contribution is 5.73. The van der Waals surface area contributed by atoms with Gasteiger partial charge in [0.05, 0.1) is 13.1 Å². The van der Waals surface area contributed by atoms with E-state index < -0.39 is 12.0 Å². The monoisotopic (exact) mass is 306 g/mol. The Morgan fingerprint density at radius 3 is 2.77 bits per heavy atom. The van der Waals surface area contributed by atoms with E-state index in [-0.39, 0.29) is 0 Å². The van der Waals surface area contributed by atoms with Gasteiger partial charge in [-0.3, -0.25) is 9.69 Å². The van der Waals surface area contributed by atoms with Crippen LogP contribution >= 0.6 is 0 Å². The highest BCUT2D eigenvalue weighted by Gasteiger charge is 2.33. The number of hydrogen-bond acceptors (Lipinski definition) is 4. The van der Waals surface area contributed by atoms with Gasteiger partial charge in [-0.2, -0.15) is 0 Å². The zero-order chi connectivity index (χ0) is 15.5. The predicted octanol–water partition coefficient (Wildman–Crippen LogP) is 2.22. The molecule has 1 fully saturated rings. The third kappa shape index (κ3) is 3.32. The standard InChI is InChI=1S/C16H26N4O2/c1-12-17-18-15-11-19(14(16(21)22)10-20(12)15)9-5-8-13-6-3-2-4-7-13/h13-14H,2-11H2,1H3,(H,21,22). The fourth-order valence-electron chi connectivity index (χ4n) is 3.89. The molecule has 22 heavy (non-hydrogen) atoms. The van der Waals surface area contributed by atoms with E-state index in [0.717, 1.165) is 30.5 Å². The number of aromatic nitrogens is 3. The molecule has 0 spiro atoms. The number of fused-ring (bicyclic) bond motifs is 1. The van der Waals surface area contributed by atoms with Crippen molar-refractivity contribution in [1.29, 1.82) is 0 Å². The molecular weight excluding hydrogens is 280 g/mol. The van der Waals surface area contributed by atoms with E-state index in [1.807, 2.05) is 11.5 Å². The van der Waals surface area contributed by atoms with E-state index in [9.17, 15) is 9.90 Å². The maximum Gasteiger partial charge on any atom is 0.322 e. The number of nitrogens with zero attached hydrogens (tertiary/aromatic N) is 4. The van der Waals surface area contributed by atoms with Gasteiger partial charge in [-0.1, -0.05) is 32.1 Å². The van der Waals surface area contributed by atoms with E-state index in [0.29, 0.717) is 13.1 Å². The van der Waals surface area contributed by atoms with E-state index in [2.05, 4.69) is 15.1 Å². The van der Waals surface area contributed by atoms with E-state index >= 15 is 0 Å². The minimum absolute atomic E-state index is 0.450. The number of aryl methyl sites for hydroxylation is 1. The molecule has 6 heteroatoms. The summed E-state index contributed by atoms with van der Waals surface area (Å²) in [5, 5.41) is 17.8. The Balaban J connectivity index is 1.57. The minimum atomic E-state index is -0.739. The maximum absolute atomic E-state index is 11.6. The molecular formula is C16H26N4O2. The van der Waals surface area contributed by atoms with Crippen LogP contribution in [0.2, 0.25) is 0 Å². The molecule has 3 rings (SSSR count). The highest BCUT2D eigenvalue weighted by Crippen LogP contribution is 2.28. The number of aliphatic carboxylic acids is 1. The molecule has 0 bridgehead atoms. The summed E-state index contributed by atoms with van der Waals surface area (Å²) in [5.74, 6) is 1.82. The van der Waals surface area contributed by atoms with Crippen molar-refractivity contribution in [1.82, 2.24) is 19.7 Å². The summed E-state index contributed by atoms with van der Waals surface area (Å²) in [6.45, 7) is 3.79. The van der Waals surface area contributed by atoms with Gasteiger partial charge in [0.2, 0.25) is 0 Å². The van der Waals surface area contributed by atoms with Crippen LogP contribution in [0, 0.1) is 12.8 Å². The van der Waals surface area contributed by atoms with Crippen LogP contribution in [-0.4, -0.2) is 43.3 Å². The molecule has 1 atom stereocenters. The molecule has 2 heterocycles. The zero-order valence-electron chi connectivity index (χ0n) is 13.4. The van der Waals surface area contributed by atoms with Gasteiger partial charge in [0, 0.05) is 0 Å². The molecule has 1 aliphatic heterocycles. The Morgan fingerprint density at radius 1 is 1.27 bits per heavy atom. The molecule has 1 aromatic rings. The zero-order valence-corrected chi connectivity index (χ0v) is 13.4. The predicted molar refractivity (Wildman–Crippen MR) is 82.4 cm³/mol. The molecule has 1 saturated carbocycles. The van der Waals surface area contributed by atoms with Crippen molar-refractivity contribution in [2.45, 2.75) is 71.0 Å². The van der Waals surface area contributed by atoms with Crippen molar-refractivity contribution in [2.24, 2.45) is 5.92 Å². The average molecular weight is 306 g/mol. The van der Waals surface area contributed by atoms with Gasteiger partial charge < -0.3 is 9.67 Å². The summed E-state index contributed by atoms with van der Waals surface area (Å²) < 4.78 is 1.94. The topological polar surface area (TPSA) is 71.2 Å². The third-order valence-electron chi connectivity index (χ3n) is 5.22. The Morgan fingerprint density at radius 2 is 2.05 bits per heavy atom. The molecule has 122 valence electrons. The lowest BCUT2D eigenvalue weighted by Crippen LogP contribution is -2.48. The van der Waals surface area contributed by atoms with Crippen LogP contribution in [0.4, 0.5) is 0 Å². The normalized spacial score (nSPS) is 23.4. The van der Waals surface area contributed by atoms with Crippen molar-refractivity contribution < 1.29 is 9.90 Å². The van der Waals surface area contributed by atoms with Crippen molar-refractivity contribution in [2.75, 3.05) is 6.54 Å². The Labute approximate surface area is 131 Å². The van der Waals surface area contributed by atoms with E-state index in [4.69, 9.17) is 0 Å². The molecule has 0 radical (unpaired) electrons. The molecule has 1 aliphatic carbocycles. The highest BCUT2D eigenvalue weighted by atomic mass is 16.4. The van der Waals surface area contributed by atoms with Gasteiger partial charge in [0.25, 0.3) is 0 Å². The molecule has 0 saturated heterocycles. The molecule has 1 aromatic heterocycles. The summed E-state index contributed by atoms with van der Waals surface area (Å²) in [6, 6.07) is -0.450. The van der Waals surface area contributed by atoms with Crippen molar-refractivity contribution in [3.63, 3.8) is 0 Å². The van der Waals surface area contributed by atoms with Crippen molar-refractivity contribution >= 4 is 5.97 Å². The number of carboxylic acid groups (broad SMARTS) is 1. The molecule has 6 nitrogen and oxygen atoms in total. The lowest BCUT2D eigenvalue weighted by Gasteiger charge is -2.33. The quantitative estimate of drug-likeness (QED) is 0.903. The van der Waals surface area contributed by atoms with Crippen LogP contribution in [0.3, 0.4) is 0 Å². The van der Waals surface area contributed by atoms with Gasteiger partial charge in [-0.15, -0.1) is 10.2 Å². The van der Waals surface area contributed by atoms with Crippen LogP contribution in [0.1, 0.15) is 56.6 Å². The summed E-state index contributed by atoms with van der Waals surface area (Å²) in [6.07, 6.45) is 9.16.